The average molecular weight is 333 g/mol. The van der Waals surface area contributed by atoms with Crippen LogP contribution in [0, 0.1) is 6.92 Å². The molecule has 0 fully saturated rings. The first kappa shape index (κ1) is 16.0. The van der Waals surface area contributed by atoms with E-state index in [2.05, 4.69) is 23.7 Å². The Morgan fingerprint density at radius 3 is 1.79 bits per heavy atom. The monoisotopic (exact) mass is 333 g/mol. The van der Waals surface area contributed by atoms with Crippen molar-refractivity contribution in [2.75, 3.05) is 10.3 Å². The van der Waals surface area contributed by atoms with Gasteiger partial charge in [-0.05, 0) is 55.0 Å². The lowest BCUT2D eigenvalue weighted by molar-refractivity contribution is 0.943. The molecule has 0 saturated carbocycles. The summed E-state index contributed by atoms with van der Waals surface area (Å²) in [5.41, 5.74) is 7.44. The van der Waals surface area contributed by atoms with Gasteiger partial charge in [-0.25, -0.2) is 0 Å². The Hall–Kier alpha value is -2.85. The molecule has 2 N–H and O–H groups in total. The third kappa shape index (κ3) is 3.91. The number of hydrogen-bond acceptors (Lipinski definition) is 2. The van der Waals surface area contributed by atoms with Gasteiger partial charge in [0.2, 0.25) is 0 Å². The van der Waals surface area contributed by atoms with E-state index in [0.29, 0.717) is 5.11 Å². The van der Waals surface area contributed by atoms with Gasteiger partial charge in [-0.15, -0.1) is 0 Å². The molecule has 0 heterocycles. The molecule has 3 nitrogen and oxygen atoms in total. The van der Waals surface area contributed by atoms with E-state index in [1.807, 2.05) is 83.9 Å². The van der Waals surface area contributed by atoms with Crippen molar-refractivity contribution in [3.63, 3.8) is 0 Å². The molecule has 0 aliphatic rings. The van der Waals surface area contributed by atoms with E-state index in [-0.39, 0.29) is 0 Å². The molecule has 0 aliphatic heterocycles. The van der Waals surface area contributed by atoms with E-state index in [1.165, 1.54) is 0 Å². The molecule has 0 amide bonds. The van der Waals surface area contributed by atoms with Gasteiger partial charge < -0.3 is 5.32 Å². The van der Waals surface area contributed by atoms with Crippen LogP contribution in [0.25, 0.3) is 0 Å². The van der Waals surface area contributed by atoms with Crippen molar-refractivity contribution in [3.05, 3.63) is 90.5 Å². The Bertz CT molecular complexity index is 764. The molecule has 0 saturated heterocycles. The highest BCUT2D eigenvalue weighted by atomic mass is 32.1. The lowest BCUT2D eigenvalue weighted by atomic mass is 10.2. The minimum absolute atomic E-state index is 0.539. The normalized spacial score (nSPS) is 10.0. The summed E-state index contributed by atoms with van der Waals surface area (Å²) in [7, 11) is 0. The van der Waals surface area contributed by atoms with Gasteiger partial charge in [-0.2, -0.15) is 0 Å². The second-order valence-electron chi connectivity index (χ2n) is 5.39. The van der Waals surface area contributed by atoms with Crippen LogP contribution in [0.5, 0.6) is 0 Å². The van der Waals surface area contributed by atoms with Crippen LogP contribution in [-0.2, 0) is 0 Å². The Morgan fingerprint density at radius 2 is 1.25 bits per heavy atom. The van der Waals surface area contributed by atoms with Crippen molar-refractivity contribution in [3.8, 4) is 0 Å². The molecule has 3 aromatic carbocycles. The fourth-order valence-corrected chi connectivity index (χ4v) is 2.60. The zero-order valence-electron chi connectivity index (χ0n) is 13.4. The summed E-state index contributed by atoms with van der Waals surface area (Å²) in [4.78, 5) is 0. The van der Waals surface area contributed by atoms with E-state index < -0.39 is 0 Å². The molecule has 4 heteroatoms. The van der Waals surface area contributed by atoms with Crippen molar-refractivity contribution >= 4 is 34.4 Å². The van der Waals surface area contributed by atoms with Crippen molar-refractivity contribution in [1.29, 1.82) is 0 Å². The fourth-order valence-electron chi connectivity index (χ4n) is 2.40. The zero-order chi connectivity index (χ0) is 16.8. The van der Waals surface area contributed by atoms with Gasteiger partial charge >= 0.3 is 0 Å². The van der Waals surface area contributed by atoms with Gasteiger partial charge in [0.25, 0.3) is 0 Å². The Balaban J connectivity index is 1.82. The predicted molar refractivity (Wildman–Crippen MR) is 106 cm³/mol. The topological polar surface area (TPSA) is 27.3 Å². The number of hydrogen-bond donors (Lipinski definition) is 2. The Morgan fingerprint density at radius 1 is 0.750 bits per heavy atom. The van der Waals surface area contributed by atoms with Crippen LogP contribution < -0.4 is 15.8 Å². The molecule has 120 valence electrons. The summed E-state index contributed by atoms with van der Waals surface area (Å²) in [6.45, 7) is 2.05. The fraction of sp³-hybridized carbons (Fsp3) is 0.0500. The van der Waals surface area contributed by atoms with Gasteiger partial charge in [0.1, 0.15) is 0 Å². The minimum Gasteiger partial charge on any atom is -0.331 e. The van der Waals surface area contributed by atoms with Crippen LogP contribution in [0.15, 0.2) is 84.9 Å². The van der Waals surface area contributed by atoms with E-state index in [9.17, 15) is 0 Å². The number of nitrogens with one attached hydrogen (secondary N) is 2. The van der Waals surface area contributed by atoms with Crippen molar-refractivity contribution in [1.82, 2.24) is 5.43 Å². The summed E-state index contributed by atoms with van der Waals surface area (Å²) in [6.07, 6.45) is 0. The molecule has 0 atom stereocenters. The number of thiocarbonyl (C=S) groups is 1. The zero-order valence-corrected chi connectivity index (χ0v) is 14.3. The Labute approximate surface area is 147 Å². The van der Waals surface area contributed by atoms with Crippen LogP contribution >= 0.6 is 12.2 Å². The maximum atomic E-state index is 5.51. The quantitative estimate of drug-likeness (QED) is 0.517. The lowest BCUT2D eigenvalue weighted by Gasteiger charge is -2.27. The molecule has 0 bridgehead atoms. The number of rotatable bonds is 4. The molecule has 0 radical (unpaired) electrons. The van der Waals surface area contributed by atoms with Crippen LogP contribution in [0.3, 0.4) is 0 Å². The molecule has 0 unspecified atom stereocenters. The minimum atomic E-state index is 0.539. The third-order valence-corrected chi connectivity index (χ3v) is 3.83. The molecular weight excluding hydrogens is 314 g/mol. The van der Waals surface area contributed by atoms with Crippen molar-refractivity contribution < 1.29 is 0 Å². The number of nitrogens with zero attached hydrogens (tertiary/aromatic N) is 1. The van der Waals surface area contributed by atoms with Gasteiger partial charge in [-0.3, -0.25) is 10.4 Å². The molecule has 0 aliphatic carbocycles. The predicted octanol–water partition coefficient (Wildman–Crippen LogP) is 5.03. The molecule has 3 rings (SSSR count). The van der Waals surface area contributed by atoms with E-state index >= 15 is 0 Å². The first-order chi connectivity index (χ1) is 11.7. The molecule has 3 aromatic rings. The largest absolute Gasteiger partial charge is 0.331 e. The van der Waals surface area contributed by atoms with Gasteiger partial charge in [-0.1, -0.05) is 54.6 Å². The second kappa shape index (κ2) is 7.62. The van der Waals surface area contributed by atoms with Crippen molar-refractivity contribution in [2.45, 2.75) is 6.92 Å². The summed E-state index contributed by atoms with van der Waals surface area (Å²) in [6, 6.07) is 28.2. The molecule has 0 spiro atoms. The lowest BCUT2D eigenvalue weighted by Crippen LogP contribution is -2.41. The highest BCUT2D eigenvalue weighted by molar-refractivity contribution is 7.80. The number of aryl methyl sites for hydroxylation is 1. The van der Waals surface area contributed by atoms with E-state index in [1.54, 1.807) is 0 Å². The van der Waals surface area contributed by atoms with Crippen LogP contribution in [0.2, 0.25) is 0 Å². The third-order valence-electron chi connectivity index (χ3n) is 3.64. The van der Waals surface area contributed by atoms with Crippen LogP contribution in [0.1, 0.15) is 5.56 Å². The SMILES string of the molecule is Cc1ccccc1NC(=S)NN(c1ccccc1)c1ccccc1. The number of anilines is 3. The van der Waals surface area contributed by atoms with Crippen LogP contribution in [0.4, 0.5) is 17.1 Å². The number of benzene rings is 3. The smallest absolute Gasteiger partial charge is 0.190 e. The van der Waals surface area contributed by atoms with E-state index in [4.69, 9.17) is 12.2 Å². The average Bonchev–Trinajstić information content (AvgIpc) is 2.63. The second-order valence-corrected chi connectivity index (χ2v) is 5.80. The standard InChI is InChI=1S/C20H19N3S/c1-16-10-8-9-15-19(16)21-20(24)22-23(17-11-4-2-5-12-17)18-13-6-3-7-14-18/h2-15H,1H3,(H2,21,22,24). The van der Waals surface area contributed by atoms with Crippen molar-refractivity contribution in [2.24, 2.45) is 0 Å². The highest BCUT2D eigenvalue weighted by Crippen LogP contribution is 2.22. The summed E-state index contributed by atoms with van der Waals surface area (Å²) in [5, 5.41) is 5.76. The van der Waals surface area contributed by atoms with Gasteiger partial charge in [0, 0.05) is 5.69 Å². The molecule has 0 aromatic heterocycles. The molecular formula is C20H19N3S. The van der Waals surface area contributed by atoms with E-state index in [0.717, 1.165) is 22.6 Å². The van der Waals surface area contributed by atoms with Gasteiger partial charge in [0.05, 0.1) is 11.4 Å². The maximum Gasteiger partial charge on any atom is 0.190 e. The first-order valence-electron chi connectivity index (χ1n) is 7.77. The summed E-state index contributed by atoms with van der Waals surface area (Å²) >= 11 is 5.51. The molecule has 24 heavy (non-hydrogen) atoms. The number of para-hydroxylation sites is 3. The number of hydrazine groups is 1. The maximum absolute atomic E-state index is 5.51. The van der Waals surface area contributed by atoms with Gasteiger partial charge in [0.15, 0.2) is 5.11 Å². The summed E-state index contributed by atoms with van der Waals surface area (Å²) in [5.74, 6) is 0. The highest BCUT2D eigenvalue weighted by Gasteiger charge is 2.10. The Kier molecular flexibility index (Phi) is 5.08. The summed E-state index contributed by atoms with van der Waals surface area (Å²) < 4.78 is 0. The van der Waals surface area contributed by atoms with Crippen LogP contribution in [-0.4, -0.2) is 5.11 Å². The first-order valence-corrected chi connectivity index (χ1v) is 8.18.